The van der Waals surface area contributed by atoms with Crippen molar-refractivity contribution in [2.24, 2.45) is 0 Å². The number of fused-ring (bicyclic) bond motifs is 3. The molecule has 0 saturated heterocycles. The van der Waals surface area contributed by atoms with Crippen LogP contribution in [-0.4, -0.2) is 53.1 Å². The van der Waals surface area contributed by atoms with Crippen LogP contribution in [0.1, 0.15) is 61.7 Å². The summed E-state index contributed by atoms with van der Waals surface area (Å²) < 4.78 is 12.9. The number of amides is 2. The van der Waals surface area contributed by atoms with Crippen molar-refractivity contribution in [3.05, 3.63) is 23.6 Å². The van der Waals surface area contributed by atoms with Crippen molar-refractivity contribution < 1.29 is 18.7 Å². The van der Waals surface area contributed by atoms with Gasteiger partial charge < -0.3 is 23.9 Å². The molecule has 158 valence electrons. The largest absolute Gasteiger partial charge is 0.460 e. The first-order valence-electron chi connectivity index (χ1n) is 10.7. The van der Waals surface area contributed by atoms with E-state index in [1.54, 1.807) is 18.1 Å². The zero-order valence-corrected chi connectivity index (χ0v) is 17.6. The Morgan fingerprint density at radius 3 is 2.79 bits per heavy atom. The van der Waals surface area contributed by atoms with Crippen molar-refractivity contribution in [3.8, 4) is 0 Å². The number of hydrogen-bond acceptors (Lipinski definition) is 4. The summed E-state index contributed by atoms with van der Waals surface area (Å²) in [6, 6.07) is 3.94. The first-order chi connectivity index (χ1) is 13.9. The van der Waals surface area contributed by atoms with Crippen molar-refractivity contribution in [1.29, 1.82) is 0 Å². The summed E-state index contributed by atoms with van der Waals surface area (Å²) >= 11 is 0. The highest BCUT2D eigenvalue weighted by molar-refractivity contribution is 6.03. The van der Waals surface area contributed by atoms with Crippen LogP contribution in [0, 0.1) is 6.92 Å². The first-order valence-corrected chi connectivity index (χ1v) is 10.7. The lowest BCUT2D eigenvalue weighted by atomic mass is 9.91. The van der Waals surface area contributed by atoms with Crippen molar-refractivity contribution in [2.75, 3.05) is 20.3 Å². The highest BCUT2D eigenvalue weighted by atomic mass is 16.5. The molecule has 1 unspecified atom stereocenters. The maximum Gasteiger partial charge on any atom is 0.271 e. The van der Waals surface area contributed by atoms with Gasteiger partial charge in [-0.25, -0.2) is 0 Å². The van der Waals surface area contributed by atoms with Gasteiger partial charge in [-0.3, -0.25) is 9.59 Å². The van der Waals surface area contributed by atoms with Crippen molar-refractivity contribution in [1.82, 2.24) is 14.8 Å². The molecule has 1 N–H and O–H groups in total. The molecule has 2 amide bonds. The monoisotopic (exact) mass is 401 g/mol. The molecule has 29 heavy (non-hydrogen) atoms. The summed E-state index contributed by atoms with van der Waals surface area (Å²) in [6.45, 7) is 5.22. The Morgan fingerprint density at radius 2 is 2.07 bits per heavy atom. The second kappa shape index (κ2) is 7.86. The molecule has 4 rings (SSSR count). The Kier molecular flexibility index (Phi) is 5.42. The molecule has 1 atom stereocenters. The molecular weight excluding hydrogens is 370 g/mol. The summed E-state index contributed by atoms with van der Waals surface area (Å²) in [5.74, 6) is 0.606. The van der Waals surface area contributed by atoms with E-state index in [0.29, 0.717) is 37.4 Å². The summed E-state index contributed by atoms with van der Waals surface area (Å²) in [5.41, 5.74) is 1.20. The minimum absolute atomic E-state index is 0.0668. The lowest BCUT2D eigenvalue weighted by Gasteiger charge is -2.44. The highest BCUT2D eigenvalue weighted by Crippen LogP contribution is 2.34. The van der Waals surface area contributed by atoms with Gasteiger partial charge in [0.2, 0.25) is 5.91 Å². The van der Waals surface area contributed by atoms with E-state index in [-0.39, 0.29) is 17.9 Å². The molecule has 0 bridgehead atoms. The van der Waals surface area contributed by atoms with Crippen LogP contribution in [-0.2, 0) is 16.1 Å². The van der Waals surface area contributed by atoms with Crippen LogP contribution in [0.15, 0.2) is 16.5 Å². The molecule has 0 radical (unpaired) electrons. The van der Waals surface area contributed by atoms with E-state index in [4.69, 9.17) is 9.15 Å². The second-order valence-corrected chi connectivity index (χ2v) is 8.61. The summed E-state index contributed by atoms with van der Waals surface area (Å²) in [7, 11) is 1.65. The highest BCUT2D eigenvalue weighted by Gasteiger charge is 2.48. The molecule has 2 aromatic rings. The maximum atomic E-state index is 13.5. The maximum absolute atomic E-state index is 13.5. The third-order valence-corrected chi connectivity index (χ3v) is 6.40. The number of hydrogen-bond donors (Lipinski definition) is 1. The van der Waals surface area contributed by atoms with Crippen LogP contribution in [0.25, 0.3) is 11.1 Å². The van der Waals surface area contributed by atoms with Gasteiger partial charge in [-0.15, -0.1) is 0 Å². The van der Waals surface area contributed by atoms with Crippen LogP contribution in [0.4, 0.5) is 0 Å². The van der Waals surface area contributed by atoms with E-state index < -0.39 is 5.54 Å². The molecule has 7 heteroatoms. The van der Waals surface area contributed by atoms with Gasteiger partial charge in [0.1, 0.15) is 17.0 Å². The number of ether oxygens (including phenoxy) is 1. The zero-order valence-electron chi connectivity index (χ0n) is 17.6. The number of carbonyl (C=O) groups is 2. The fourth-order valence-corrected chi connectivity index (χ4v) is 4.77. The van der Waals surface area contributed by atoms with Crippen molar-refractivity contribution >= 4 is 22.9 Å². The number of methoxy groups -OCH3 is 1. The first kappa shape index (κ1) is 20.0. The van der Waals surface area contributed by atoms with Gasteiger partial charge in [0.05, 0.1) is 12.1 Å². The minimum atomic E-state index is -0.952. The van der Waals surface area contributed by atoms with Gasteiger partial charge in [0.25, 0.3) is 5.91 Å². The van der Waals surface area contributed by atoms with E-state index in [1.807, 2.05) is 24.5 Å². The van der Waals surface area contributed by atoms with Crippen LogP contribution >= 0.6 is 0 Å². The predicted molar refractivity (Wildman–Crippen MR) is 110 cm³/mol. The summed E-state index contributed by atoms with van der Waals surface area (Å²) in [6.07, 6.45) is 6.24. The summed E-state index contributed by atoms with van der Waals surface area (Å²) in [5, 5.41) is 3.25. The number of furan rings is 1. The van der Waals surface area contributed by atoms with Gasteiger partial charge in [-0.05, 0) is 33.1 Å². The predicted octanol–water partition coefficient (Wildman–Crippen LogP) is 3.24. The molecule has 3 heterocycles. The Hall–Kier alpha value is -2.28. The molecule has 1 aliphatic carbocycles. The Morgan fingerprint density at radius 1 is 1.31 bits per heavy atom. The Bertz CT molecular complexity index is 909. The SMILES string of the molecule is COCCCN1C(=O)c2cc3oc(C)cc3n2CC1(C)C(=O)NC1CCCCC1. The zero-order chi connectivity index (χ0) is 20.6. The molecule has 1 fully saturated rings. The van der Waals surface area contributed by atoms with E-state index in [9.17, 15) is 9.59 Å². The van der Waals surface area contributed by atoms with Gasteiger partial charge >= 0.3 is 0 Å². The second-order valence-electron chi connectivity index (χ2n) is 8.61. The smallest absolute Gasteiger partial charge is 0.271 e. The molecular formula is C22H31N3O4. The molecule has 7 nitrogen and oxygen atoms in total. The average molecular weight is 402 g/mol. The number of carbonyl (C=O) groups excluding carboxylic acids is 2. The van der Waals surface area contributed by atoms with Crippen molar-refractivity contribution in [3.63, 3.8) is 0 Å². The standard InChI is InChI=1S/C22H31N3O4/c1-15-12-17-19(29-15)13-18-20(26)25(10-7-11-28-3)22(2,14-24(17)18)21(27)23-16-8-5-4-6-9-16/h12-13,16H,4-11,14H2,1-3H3,(H,23,27). The quantitative estimate of drug-likeness (QED) is 0.754. The number of nitrogens with one attached hydrogen (secondary N) is 1. The normalized spacial score (nSPS) is 22.9. The Labute approximate surface area is 171 Å². The van der Waals surface area contributed by atoms with Crippen molar-refractivity contribution in [2.45, 2.75) is 70.5 Å². The third kappa shape index (κ3) is 3.56. The average Bonchev–Trinajstić information content (AvgIpc) is 3.22. The molecule has 0 spiro atoms. The Balaban J connectivity index is 1.67. The number of aromatic nitrogens is 1. The van der Waals surface area contributed by atoms with Crippen LogP contribution in [0.3, 0.4) is 0 Å². The number of aryl methyl sites for hydroxylation is 1. The van der Waals surface area contributed by atoms with Crippen LogP contribution < -0.4 is 5.32 Å². The third-order valence-electron chi connectivity index (χ3n) is 6.40. The molecule has 2 aromatic heterocycles. The fourth-order valence-electron chi connectivity index (χ4n) is 4.77. The van der Waals surface area contributed by atoms with Gasteiger partial charge in [0, 0.05) is 38.4 Å². The van der Waals surface area contributed by atoms with Gasteiger partial charge in [-0.1, -0.05) is 19.3 Å². The molecule has 1 aliphatic heterocycles. The number of nitrogens with zero attached hydrogens (tertiary/aromatic N) is 2. The van der Waals surface area contributed by atoms with E-state index in [0.717, 1.165) is 37.0 Å². The van der Waals surface area contributed by atoms with Crippen LogP contribution in [0.5, 0.6) is 0 Å². The summed E-state index contributed by atoms with van der Waals surface area (Å²) in [4.78, 5) is 28.6. The fraction of sp³-hybridized carbons (Fsp3) is 0.636. The topological polar surface area (TPSA) is 76.7 Å². The van der Waals surface area contributed by atoms with E-state index in [1.165, 1.54) is 6.42 Å². The molecule has 1 saturated carbocycles. The van der Waals surface area contributed by atoms with E-state index >= 15 is 0 Å². The molecule has 0 aromatic carbocycles. The number of rotatable bonds is 6. The van der Waals surface area contributed by atoms with Crippen LogP contribution in [0.2, 0.25) is 0 Å². The van der Waals surface area contributed by atoms with E-state index in [2.05, 4.69) is 5.32 Å². The lowest BCUT2D eigenvalue weighted by molar-refractivity contribution is -0.133. The molecule has 2 aliphatic rings. The minimum Gasteiger partial charge on any atom is -0.460 e. The lowest BCUT2D eigenvalue weighted by Crippen LogP contribution is -2.65. The van der Waals surface area contributed by atoms with Gasteiger partial charge in [0.15, 0.2) is 5.58 Å². The van der Waals surface area contributed by atoms with Gasteiger partial charge in [-0.2, -0.15) is 0 Å².